The summed E-state index contributed by atoms with van der Waals surface area (Å²) in [7, 11) is 0. The zero-order chi connectivity index (χ0) is 18.2. The first-order chi connectivity index (χ1) is 12.6. The number of hydrogen-bond acceptors (Lipinski definition) is 2. The molecule has 0 radical (unpaired) electrons. The van der Waals surface area contributed by atoms with Crippen LogP contribution in [0.1, 0.15) is 61.4 Å². The van der Waals surface area contributed by atoms with Crippen molar-refractivity contribution in [1.29, 1.82) is 0 Å². The van der Waals surface area contributed by atoms with Crippen LogP contribution in [-0.2, 0) is 11.3 Å². The molecule has 138 valence electrons. The van der Waals surface area contributed by atoms with Crippen LogP contribution in [0.5, 0.6) is 0 Å². The number of hydrogen-bond donors (Lipinski definition) is 1. The number of benzene rings is 2. The van der Waals surface area contributed by atoms with Gasteiger partial charge < -0.3 is 10.1 Å². The molecule has 3 rings (SSSR count). The Hall–Kier alpha value is -2.13. The van der Waals surface area contributed by atoms with Crippen molar-refractivity contribution in [3.8, 4) is 0 Å². The van der Waals surface area contributed by atoms with Gasteiger partial charge in [-0.15, -0.1) is 0 Å². The molecule has 1 N–H and O–H groups in total. The Morgan fingerprint density at radius 1 is 1.00 bits per heavy atom. The number of nitrogens with one attached hydrogen (secondary N) is 1. The normalized spacial score (nSPS) is 17.4. The maximum absolute atomic E-state index is 12.7. The van der Waals surface area contributed by atoms with Crippen LogP contribution in [0, 0.1) is 5.92 Å². The predicted octanol–water partition coefficient (Wildman–Crippen LogP) is 5.32. The molecule has 1 aliphatic carbocycles. The number of amides is 1. The molecule has 2 aromatic rings. The van der Waals surface area contributed by atoms with Crippen LogP contribution >= 0.6 is 0 Å². The van der Waals surface area contributed by atoms with E-state index >= 15 is 0 Å². The van der Waals surface area contributed by atoms with Gasteiger partial charge in [-0.05, 0) is 37.0 Å². The van der Waals surface area contributed by atoms with Crippen LogP contribution in [0.25, 0.3) is 0 Å². The van der Waals surface area contributed by atoms with Crippen LogP contribution in [0.4, 0.5) is 0 Å². The van der Waals surface area contributed by atoms with E-state index in [1.165, 1.54) is 32.1 Å². The SMILES string of the molecule is CC(CC1CCCCC1)(NC(=O)c1ccccc1)OCc1ccccc1. The first kappa shape index (κ1) is 18.7. The average molecular weight is 351 g/mol. The third-order valence-corrected chi connectivity index (χ3v) is 5.22. The van der Waals surface area contributed by atoms with Crippen LogP contribution in [-0.4, -0.2) is 11.6 Å². The summed E-state index contributed by atoms with van der Waals surface area (Å²) >= 11 is 0. The highest BCUT2D eigenvalue weighted by Crippen LogP contribution is 2.31. The van der Waals surface area contributed by atoms with Crippen molar-refractivity contribution in [2.75, 3.05) is 0 Å². The summed E-state index contributed by atoms with van der Waals surface area (Å²) < 4.78 is 6.28. The summed E-state index contributed by atoms with van der Waals surface area (Å²) in [6, 6.07) is 19.5. The maximum atomic E-state index is 12.7. The maximum Gasteiger partial charge on any atom is 0.253 e. The summed E-state index contributed by atoms with van der Waals surface area (Å²) in [4.78, 5) is 12.7. The molecule has 1 saturated carbocycles. The van der Waals surface area contributed by atoms with E-state index in [1.807, 2.05) is 55.5 Å². The summed E-state index contributed by atoms with van der Waals surface area (Å²) in [6.45, 7) is 2.52. The van der Waals surface area contributed by atoms with Crippen molar-refractivity contribution in [1.82, 2.24) is 5.32 Å². The van der Waals surface area contributed by atoms with Crippen molar-refractivity contribution in [3.63, 3.8) is 0 Å². The number of rotatable bonds is 7. The molecular weight excluding hydrogens is 322 g/mol. The van der Waals surface area contributed by atoms with Crippen LogP contribution in [0.3, 0.4) is 0 Å². The van der Waals surface area contributed by atoms with E-state index in [4.69, 9.17) is 4.74 Å². The van der Waals surface area contributed by atoms with E-state index in [0.29, 0.717) is 18.1 Å². The fraction of sp³-hybridized carbons (Fsp3) is 0.435. The van der Waals surface area contributed by atoms with Crippen LogP contribution in [0.15, 0.2) is 60.7 Å². The molecule has 3 nitrogen and oxygen atoms in total. The topological polar surface area (TPSA) is 38.3 Å². The molecule has 1 aliphatic rings. The van der Waals surface area contributed by atoms with Gasteiger partial charge in [0.2, 0.25) is 0 Å². The molecular formula is C23H29NO2. The summed E-state index contributed by atoms with van der Waals surface area (Å²) in [5, 5.41) is 3.17. The van der Waals surface area contributed by atoms with Crippen molar-refractivity contribution in [2.45, 2.75) is 57.8 Å². The lowest BCUT2D eigenvalue weighted by atomic mass is 9.84. The van der Waals surface area contributed by atoms with Crippen molar-refractivity contribution in [3.05, 3.63) is 71.8 Å². The van der Waals surface area contributed by atoms with Crippen molar-refractivity contribution >= 4 is 5.91 Å². The molecule has 0 aromatic heterocycles. The quantitative estimate of drug-likeness (QED) is 0.686. The third kappa shape index (κ3) is 5.43. The largest absolute Gasteiger partial charge is 0.351 e. The smallest absolute Gasteiger partial charge is 0.253 e. The molecule has 1 atom stereocenters. The molecule has 2 aromatic carbocycles. The first-order valence-corrected chi connectivity index (χ1v) is 9.70. The molecule has 0 aliphatic heterocycles. The molecule has 26 heavy (non-hydrogen) atoms. The van der Waals surface area contributed by atoms with Crippen molar-refractivity contribution < 1.29 is 9.53 Å². The van der Waals surface area contributed by atoms with Gasteiger partial charge in [0.15, 0.2) is 0 Å². The molecule has 0 heterocycles. The first-order valence-electron chi connectivity index (χ1n) is 9.70. The van der Waals surface area contributed by atoms with E-state index in [-0.39, 0.29) is 5.91 Å². The number of ether oxygens (including phenoxy) is 1. The number of carbonyl (C=O) groups is 1. The van der Waals surface area contributed by atoms with Gasteiger partial charge in [0, 0.05) is 5.56 Å². The second-order valence-electron chi connectivity index (χ2n) is 7.53. The van der Waals surface area contributed by atoms with Crippen LogP contribution < -0.4 is 5.32 Å². The van der Waals surface area contributed by atoms with Gasteiger partial charge in [-0.2, -0.15) is 0 Å². The second kappa shape index (κ2) is 9.00. The third-order valence-electron chi connectivity index (χ3n) is 5.22. The molecule has 3 heteroatoms. The second-order valence-corrected chi connectivity index (χ2v) is 7.53. The van der Waals surface area contributed by atoms with E-state index < -0.39 is 5.72 Å². The molecule has 1 fully saturated rings. The Balaban J connectivity index is 1.70. The lowest BCUT2D eigenvalue weighted by molar-refractivity contribution is -0.0784. The van der Waals surface area contributed by atoms with Crippen molar-refractivity contribution in [2.24, 2.45) is 5.92 Å². The Kier molecular flexibility index (Phi) is 6.45. The standard InChI is InChI=1S/C23H29NO2/c1-23(17-19-11-5-2-6-12-19,26-18-20-13-7-3-8-14-20)24-22(25)21-15-9-4-10-16-21/h3-4,7-10,13-16,19H,2,5-6,11-12,17-18H2,1H3,(H,24,25). The highest BCUT2D eigenvalue weighted by molar-refractivity contribution is 5.94. The van der Waals surface area contributed by atoms with E-state index in [9.17, 15) is 4.79 Å². The van der Waals surface area contributed by atoms with Gasteiger partial charge >= 0.3 is 0 Å². The molecule has 0 saturated heterocycles. The molecule has 0 bridgehead atoms. The molecule has 0 spiro atoms. The Labute approximate surface area is 156 Å². The minimum Gasteiger partial charge on any atom is -0.351 e. The zero-order valence-electron chi connectivity index (χ0n) is 15.6. The number of carbonyl (C=O) groups excluding carboxylic acids is 1. The van der Waals surface area contributed by atoms with Gasteiger partial charge in [-0.3, -0.25) is 4.79 Å². The fourth-order valence-electron chi connectivity index (χ4n) is 3.81. The van der Waals surface area contributed by atoms with Gasteiger partial charge in [0.05, 0.1) is 6.61 Å². The highest BCUT2D eigenvalue weighted by atomic mass is 16.5. The summed E-state index contributed by atoms with van der Waals surface area (Å²) in [6.07, 6.45) is 7.21. The van der Waals surface area contributed by atoms with E-state index in [1.54, 1.807) is 0 Å². The van der Waals surface area contributed by atoms with E-state index in [0.717, 1.165) is 12.0 Å². The predicted molar refractivity (Wildman–Crippen MR) is 105 cm³/mol. The van der Waals surface area contributed by atoms with E-state index in [2.05, 4.69) is 17.4 Å². The minimum atomic E-state index is -0.662. The van der Waals surface area contributed by atoms with Gasteiger partial charge in [-0.1, -0.05) is 80.6 Å². The fourth-order valence-corrected chi connectivity index (χ4v) is 3.81. The summed E-state index contributed by atoms with van der Waals surface area (Å²) in [5.41, 5.74) is 1.13. The lowest BCUT2D eigenvalue weighted by Gasteiger charge is -2.36. The average Bonchev–Trinajstić information content (AvgIpc) is 2.69. The monoisotopic (exact) mass is 351 g/mol. The molecule has 1 amide bonds. The van der Waals surface area contributed by atoms with Gasteiger partial charge in [0.1, 0.15) is 5.72 Å². The lowest BCUT2D eigenvalue weighted by Crippen LogP contribution is -2.49. The van der Waals surface area contributed by atoms with Crippen LogP contribution in [0.2, 0.25) is 0 Å². The zero-order valence-corrected chi connectivity index (χ0v) is 15.6. The highest BCUT2D eigenvalue weighted by Gasteiger charge is 2.32. The Morgan fingerprint density at radius 3 is 2.27 bits per heavy atom. The Bertz CT molecular complexity index is 680. The molecule has 1 unspecified atom stereocenters. The van der Waals surface area contributed by atoms with Gasteiger partial charge in [0.25, 0.3) is 5.91 Å². The van der Waals surface area contributed by atoms with Gasteiger partial charge in [-0.25, -0.2) is 0 Å². The minimum absolute atomic E-state index is 0.0722. The summed E-state index contributed by atoms with van der Waals surface area (Å²) in [5.74, 6) is 0.539. The Morgan fingerprint density at radius 2 is 1.62 bits per heavy atom.